The Bertz CT molecular complexity index is 1380. The Labute approximate surface area is 198 Å². The average Bonchev–Trinajstić information content (AvgIpc) is 2.78. The van der Waals surface area contributed by atoms with Gasteiger partial charge in [0.1, 0.15) is 0 Å². The number of nitriles is 1. The predicted molar refractivity (Wildman–Crippen MR) is 128 cm³/mol. The van der Waals surface area contributed by atoms with Crippen LogP contribution in [-0.4, -0.2) is 35.9 Å². The molecule has 0 radical (unpaired) electrons. The van der Waals surface area contributed by atoms with Gasteiger partial charge in [-0.2, -0.15) is 9.57 Å². The number of fused-ring (bicyclic) bond motifs is 2. The number of halogens is 1. The lowest BCUT2D eigenvalue weighted by molar-refractivity contribution is -0.118. The van der Waals surface area contributed by atoms with Crippen molar-refractivity contribution >= 4 is 44.0 Å². The van der Waals surface area contributed by atoms with Crippen LogP contribution < -0.4 is 5.32 Å². The monoisotopic (exact) mass is 482 g/mol. The highest BCUT2D eigenvalue weighted by Gasteiger charge is 2.38. The number of nitrogens with zero attached hydrogens (tertiary/aromatic N) is 3. The van der Waals surface area contributed by atoms with Crippen LogP contribution in [0.25, 0.3) is 10.8 Å². The highest BCUT2D eigenvalue weighted by atomic mass is 35.5. The van der Waals surface area contributed by atoms with Crippen molar-refractivity contribution in [2.45, 2.75) is 26.3 Å². The van der Waals surface area contributed by atoms with Crippen molar-refractivity contribution in [2.24, 2.45) is 5.41 Å². The topological polar surface area (TPSA) is 103 Å². The number of amides is 1. The van der Waals surface area contributed by atoms with Crippen LogP contribution in [0.5, 0.6) is 0 Å². The first kappa shape index (κ1) is 23.2. The fourth-order valence-corrected chi connectivity index (χ4v) is 6.09. The summed E-state index contributed by atoms with van der Waals surface area (Å²) in [6.07, 6.45) is 3.29. The molecule has 1 unspecified atom stereocenters. The maximum absolute atomic E-state index is 13.4. The van der Waals surface area contributed by atoms with E-state index in [0.717, 1.165) is 10.8 Å². The van der Waals surface area contributed by atoms with Gasteiger partial charge in [-0.3, -0.25) is 9.78 Å². The van der Waals surface area contributed by atoms with Gasteiger partial charge in [-0.1, -0.05) is 41.9 Å². The van der Waals surface area contributed by atoms with Crippen molar-refractivity contribution in [2.75, 3.05) is 17.6 Å². The molecule has 0 saturated carbocycles. The number of hydrogen-bond acceptors (Lipinski definition) is 5. The molecule has 1 atom stereocenters. The molecule has 0 aliphatic carbocycles. The molecule has 0 fully saturated rings. The van der Waals surface area contributed by atoms with Crippen LogP contribution in [-0.2, 0) is 21.4 Å². The molecule has 1 amide bonds. The third-order valence-electron chi connectivity index (χ3n) is 5.70. The molecule has 2 aromatic carbocycles. The van der Waals surface area contributed by atoms with Gasteiger partial charge in [-0.25, -0.2) is 8.42 Å². The summed E-state index contributed by atoms with van der Waals surface area (Å²) in [5.74, 6) is -1.46. The van der Waals surface area contributed by atoms with E-state index in [0.29, 0.717) is 21.8 Å². The standard InChI is InChI=1S/C24H23ClN4O3S/c1-24(2,14-26)15-33(31,32)29-12-17-7-8-18(25)9-20(17)21(13-29)23(30)28-22-11-27-10-16-5-3-4-6-19(16)22/h3-11,21H,12-13,15H2,1-2H3,(H,28,30). The largest absolute Gasteiger partial charge is 0.324 e. The summed E-state index contributed by atoms with van der Waals surface area (Å²) in [6.45, 7) is 3.25. The molecule has 170 valence electrons. The Morgan fingerprint density at radius 2 is 2.03 bits per heavy atom. The second-order valence-corrected chi connectivity index (χ2v) is 11.2. The van der Waals surface area contributed by atoms with Gasteiger partial charge < -0.3 is 5.32 Å². The lowest BCUT2D eigenvalue weighted by atomic mass is 9.90. The van der Waals surface area contributed by atoms with Gasteiger partial charge in [0.05, 0.1) is 35.0 Å². The second-order valence-electron chi connectivity index (χ2n) is 8.84. The molecule has 0 spiro atoms. The predicted octanol–water partition coefficient (Wildman–Crippen LogP) is 4.31. The highest BCUT2D eigenvalue weighted by molar-refractivity contribution is 7.89. The van der Waals surface area contributed by atoms with Gasteiger partial charge in [0.15, 0.2) is 0 Å². The van der Waals surface area contributed by atoms with Crippen molar-refractivity contribution in [1.29, 1.82) is 5.26 Å². The van der Waals surface area contributed by atoms with Crippen molar-refractivity contribution in [3.63, 3.8) is 0 Å². The zero-order valence-electron chi connectivity index (χ0n) is 18.2. The molecule has 9 heteroatoms. The first-order valence-electron chi connectivity index (χ1n) is 10.4. The molecule has 7 nitrogen and oxygen atoms in total. The number of aromatic nitrogens is 1. The molecule has 0 bridgehead atoms. The maximum Gasteiger partial charge on any atom is 0.233 e. The number of rotatable bonds is 5. The summed E-state index contributed by atoms with van der Waals surface area (Å²) in [6, 6.07) is 14.7. The lowest BCUT2D eigenvalue weighted by Gasteiger charge is -2.34. The van der Waals surface area contributed by atoms with Gasteiger partial charge in [-0.05, 0) is 37.1 Å². The molecule has 1 aliphatic rings. The number of nitrogens with one attached hydrogen (secondary N) is 1. The van der Waals surface area contributed by atoms with Crippen molar-refractivity contribution in [3.05, 3.63) is 71.0 Å². The maximum atomic E-state index is 13.4. The highest BCUT2D eigenvalue weighted by Crippen LogP contribution is 2.34. The Kier molecular flexibility index (Phi) is 6.14. The van der Waals surface area contributed by atoms with E-state index in [1.165, 1.54) is 4.31 Å². The van der Waals surface area contributed by atoms with Gasteiger partial charge in [-0.15, -0.1) is 0 Å². The van der Waals surface area contributed by atoms with Crippen LogP contribution >= 0.6 is 11.6 Å². The number of anilines is 1. The van der Waals surface area contributed by atoms with Crippen molar-refractivity contribution < 1.29 is 13.2 Å². The van der Waals surface area contributed by atoms with Crippen LogP contribution in [0.3, 0.4) is 0 Å². The average molecular weight is 483 g/mol. The van der Waals surface area contributed by atoms with Crippen molar-refractivity contribution in [1.82, 2.24) is 9.29 Å². The Morgan fingerprint density at radius 3 is 2.79 bits per heavy atom. The Balaban J connectivity index is 1.69. The lowest BCUT2D eigenvalue weighted by Crippen LogP contribution is -2.44. The van der Waals surface area contributed by atoms with Crippen molar-refractivity contribution in [3.8, 4) is 6.07 Å². The van der Waals surface area contributed by atoms with Crippen LogP contribution in [0.15, 0.2) is 54.9 Å². The molecule has 1 aromatic heterocycles. The van der Waals surface area contributed by atoms with Crippen LogP contribution in [0.2, 0.25) is 5.02 Å². The van der Waals surface area contributed by atoms with E-state index in [1.54, 1.807) is 44.4 Å². The fourth-order valence-electron chi connectivity index (χ4n) is 4.04. The molecule has 33 heavy (non-hydrogen) atoms. The molecule has 4 rings (SSSR count). The zero-order valence-corrected chi connectivity index (χ0v) is 19.8. The summed E-state index contributed by atoms with van der Waals surface area (Å²) in [7, 11) is -3.79. The summed E-state index contributed by atoms with van der Waals surface area (Å²) < 4.78 is 27.6. The van der Waals surface area contributed by atoms with E-state index in [-0.39, 0.29) is 24.7 Å². The number of hydrogen-bond donors (Lipinski definition) is 1. The molecular formula is C24H23ClN4O3S. The molecular weight excluding hydrogens is 460 g/mol. The van der Waals surface area contributed by atoms with E-state index in [1.807, 2.05) is 30.3 Å². The van der Waals surface area contributed by atoms with E-state index >= 15 is 0 Å². The normalized spacial score (nSPS) is 16.7. The van der Waals surface area contributed by atoms with Gasteiger partial charge in [0.25, 0.3) is 0 Å². The van der Waals surface area contributed by atoms with Gasteiger partial charge >= 0.3 is 0 Å². The number of pyridine rings is 1. The summed E-state index contributed by atoms with van der Waals surface area (Å²) in [5.41, 5.74) is 0.900. The van der Waals surface area contributed by atoms with Crippen LogP contribution in [0, 0.1) is 16.7 Å². The first-order valence-corrected chi connectivity index (χ1v) is 12.4. The van der Waals surface area contributed by atoms with E-state index in [4.69, 9.17) is 11.6 Å². The summed E-state index contributed by atoms with van der Waals surface area (Å²) >= 11 is 6.21. The Morgan fingerprint density at radius 1 is 1.27 bits per heavy atom. The second kappa shape index (κ2) is 8.75. The van der Waals surface area contributed by atoms with Gasteiger partial charge in [0.2, 0.25) is 15.9 Å². The fraction of sp³-hybridized carbons (Fsp3) is 0.292. The van der Waals surface area contributed by atoms with Crippen LogP contribution in [0.1, 0.15) is 30.9 Å². The molecule has 3 aromatic rings. The minimum atomic E-state index is -3.79. The number of sulfonamides is 1. The molecule has 0 saturated heterocycles. The SMILES string of the molecule is CC(C)(C#N)CS(=O)(=O)N1Cc2ccc(Cl)cc2C(C(=O)Nc2cncc3ccccc23)C1. The minimum Gasteiger partial charge on any atom is -0.324 e. The van der Waals surface area contributed by atoms with E-state index in [9.17, 15) is 18.5 Å². The number of benzene rings is 2. The zero-order chi connectivity index (χ0) is 23.8. The van der Waals surface area contributed by atoms with Crippen LogP contribution in [0.4, 0.5) is 5.69 Å². The quantitative estimate of drug-likeness (QED) is 0.583. The third-order valence-corrected chi connectivity index (χ3v) is 8.08. The minimum absolute atomic E-state index is 0.0405. The van der Waals surface area contributed by atoms with Gasteiger partial charge in [0, 0.05) is 35.1 Å². The summed E-state index contributed by atoms with van der Waals surface area (Å²) in [4.78, 5) is 17.6. The summed E-state index contributed by atoms with van der Waals surface area (Å²) in [5, 5.41) is 14.4. The third kappa shape index (κ3) is 4.86. The first-order chi connectivity index (χ1) is 15.6. The number of carbonyl (C=O) groups excluding carboxylic acids is 1. The smallest absolute Gasteiger partial charge is 0.233 e. The number of carbonyl (C=O) groups is 1. The van der Waals surface area contributed by atoms with E-state index in [2.05, 4.69) is 10.3 Å². The molecule has 1 aliphatic heterocycles. The van der Waals surface area contributed by atoms with E-state index < -0.39 is 21.4 Å². The Hall–Kier alpha value is -2.99. The molecule has 1 N–H and O–H groups in total. The molecule has 2 heterocycles.